The molecule has 2 nitrogen and oxygen atoms in total. The molecular weight excluding hydrogens is 417 g/mol. The molecule has 0 aliphatic carbocycles. The molecule has 0 spiro atoms. The summed E-state index contributed by atoms with van der Waals surface area (Å²) in [5.41, 5.74) is 8.59. The number of hydrogen-bond acceptors (Lipinski definition) is 2. The van der Waals surface area contributed by atoms with Crippen molar-refractivity contribution < 1.29 is 4.79 Å². The SMILES string of the molecule is C[As](C)C=C1CN(C(c2ccccc2)(c2ccccc2)c2ccccc2)CC1=O. The molecule has 1 heterocycles. The van der Waals surface area contributed by atoms with E-state index in [1.807, 2.05) is 0 Å². The van der Waals surface area contributed by atoms with Crippen LogP contribution in [0.15, 0.2) is 101 Å². The van der Waals surface area contributed by atoms with Crippen molar-refractivity contribution >= 4 is 20.4 Å². The number of carbonyl (C=O) groups excluding carboxylic acids is 1. The van der Waals surface area contributed by atoms with Crippen LogP contribution in [0.2, 0.25) is 11.4 Å². The van der Waals surface area contributed by atoms with Crippen LogP contribution in [0.4, 0.5) is 0 Å². The van der Waals surface area contributed by atoms with Crippen molar-refractivity contribution in [3.05, 3.63) is 118 Å². The Morgan fingerprint density at radius 3 is 1.52 bits per heavy atom. The van der Waals surface area contributed by atoms with E-state index in [1.54, 1.807) is 0 Å². The first kappa shape index (κ1) is 19.9. The number of carbonyl (C=O) groups is 1. The zero-order valence-electron chi connectivity index (χ0n) is 17.0. The minimum absolute atomic E-state index is 0.264. The fraction of sp³-hybridized carbons (Fsp3) is 0.192. The molecule has 0 N–H and O–H groups in total. The molecule has 1 fully saturated rings. The molecule has 3 aromatic carbocycles. The number of likely N-dealkylation sites (tertiary alicyclic amines) is 1. The molecule has 3 heteroatoms. The van der Waals surface area contributed by atoms with Crippen molar-refractivity contribution in [3.8, 4) is 0 Å². The predicted octanol–water partition coefficient (Wildman–Crippen LogP) is 5.08. The molecule has 0 amide bonds. The van der Waals surface area contributed by atoms with Gasteiger partial charge in [0.25, 0.3) is 0 Å². The number of benzene rings is 3. The Labute approximate surface area is 178 Å². The monoisotopic (exact) mass is 443 g/mol. The maximum absolute atomic E-state index is 13.0. The third-order valence-electron chi connectivity index (χ3n) is 5.52. The second-order valence-electron chi connectivity index (χ2n) is 7.71. The van der Waals surface area contributed by atoms with Crippen molar-refractivity contribution in [1.29, 1.82) is 0 Å². The second-order valence-corrected chi connectivity index (χ2v) is 12.3. The summed E-state index contributed by atoms with van der Waals surface area (Å²) in [5.74, 6) is 0.264. The zero-order chi connectivity index (χ0) is 20.3. The van der Waals surface area contributed by atoms with Gasteiger partial charge >= 0.3 is 178 Å². The second kappa shape index (κ2) is 8.53. The van der Waals surface area contributed by atoms with Gasteiger partial charge in [-0.05, 0) is 0 Å². The molecule has 0 atom stereocenters. The summed E-state index contributed by atoms with van der Waals surface area (Å²) in [6, 6.07) is 31.8. The molecule has 0 unspecified atom stereocenters. The van der Waals surface area contributed by atoms with Gasteiger partial charge in [0.05, 0.1) is 0 Å². The van der Waals surface area contributed by atoms with Gasteiger partial charge < -0.3 is 0 Å². The van der Waals surface area contributed by atoms with Crippen LogP contribution < -0.4 is 0 Å². The van der Waals surface area contributed by atoms with E-state index in [0.29, 0.717) is 13.1 Å². The number of Topliss-reactive ketones (excluding diaryl/α,β-unsaturated/α-hetero) is 1. The third kappa shape index (κ3) is 3.75. The van der Waals surface area contributed by atoms with Crippen molar-refractivity contribution in [2.75, 3.05) is 13.1 Å². The van der Waals surface area contributed by atoms with E-state index < -0.39 is 20.2 Å². The van der Waals surface area contributed by atoms with Crippen LogP contribution in [0, 0.1) is 0 Å². The maximum atomic E-state index is 13.0. The average Bonchev–Trinajstić information content (AvgIpc) is 3.11. The summed E-state index contributed by atoms with van der Waals surface area (Å²) in [6.07, 6.45) is 0. The normalized spacial score (nSPS) is 16.7. The third-order valence-corrected chi connectivity index (χ3v) is 7.25. The van der Waals surface area contributed by atoms with E-state index in [9.17, 15) is 4.79 Å². The van der Waals surface area contributed by atoms with Gasteiger partial charge in [-0.25, -0.2) is 0 Å². The van der Waals surface area contributed by atoms with Crippen LogP contribution in [-0.4, -0.2) is 38.4 Å². The van der Waals surface area contributed by atoms with E-state index >= 15 is 0 Å². The fourth-order valence-corrected chi connectivity index (χ4v) is 6.15. The van der Waals surface area contributed by atoms with E-state index in [2.05, 4.69) is 112 Å². The minimum atomic E-state index is -1.04. The number of hydrogen-bond donors (Lipinski definition) is 0. The summed E-state index contributed by atoms with van der Waals surface area (Å²) in [6.45, 7) is 1.12. The molecule has 0 saturated carbocycles. The first-order valence-electron chi connectivity index (χ1n) is 9.94. The number of nitrogens with zero attached hydrogens (tertiary/aromatic N) is 1. The van der Waals surface area contributed by atoms with Gasteiger partial charge in [-0.2, -0.15) is 0 Å². The Hall–Kier alpha value is -2.41. The van der Waals surface area contributed by atoms with Crippen LogP contribution in [0.5, 0.6) is 0 Å². The molecular formula is C26H26AsNO. The zero-order valence-corrected chi connectivity index (χ0v) is 18.8. The molecule has 0 bridgehead atoms. The molecule has 1 aliphatic heterocycles. The fourth-order valence-electron chi connectivity index (χ4n) is 4.37. The Morgan fingerprint density at radius 1 is 0.724 bits per heavy atom. The Morgan fingerprint density at radius 2 is 1.14 bits per heavy atom. The summed E-state index contributed by atoms with van der Waals surface area (Å²) < 4.78 is 0. The van der Waals surface area contributed by atoms with Crippen LogP contribution in [0.3, 0.4) is 0 Å². The van der Waals surface area contributed by atoms with Gasteiger partial charge in [0, 0.05) is 0 Å². The topological polar surface area (TPSA) is 20.3 Å². The summed E-state index contributed by atoms with van der Waals surface area (Å²) >= 11 is -1.04. The van der Waals surface area contributed by atoms with Crippen molar-refractivity contribution in [1.82, 2.24) is 4.90 Å². The van der Waals surface area contributed by atoms with Gasteiger partial charge in [-0.3, -0.25) is 0 Å². The molecule has 4 rings (SSSR count). The van der Waals surface area contributed by atoms with Gasteiger partial charge in [0.1, 0.15) is 0 Å². The molecule has 3 aromatic rings. The van der Waals surface area contributed by atoms with E-state index in [0.717, 1.165) is 5.57 Å². The molecule has 0 radical (unpaired) electrons. The van der Waals surface area contributed by atoms with Gasteiger partial charge in [-0.15, -0.1) is 0 Å². The van der Waals surface area contributed by atoms with E-state index in [1.165, 1.54) is 16.7 Å². The van der Waals surface area contributed by atoms with Crippen LogP contribution in [-0.2, 0) is 10.3 Å². The van der Waals surface area contributed by atoms with Crippen molar-refractivity contribution in [2.24, 2.45) is 0 Å². The summed E-state index contributed by atoms with van der Waals surface area (Å²) in [5, 5.41) is 0. The Kier molecular flexibility index (Phi) is 5.85. The number of ketones is 1. The van der Waals surface area contributed by atoms with Gasteiger partial charge in [0.15, 0.2) is 0 Å². The van der Waals surface area contributed by atoms with Gasteiger partial charge in [0.2, 0.25) is 0 Å². The van der Waals surface area contributed by atoms with Crippen molar-refractivity contribution in [3.63, 3.8) is 0 Å². The Balaban J connectivity index is 1.98. The van der Waals surface area contributed by atoms with Crippen molar-refractivity contribution in [2.45, 2.75) is 17.0 Å². The van der Waals surface area contributed by atoms with Crippen LogP contribution in [0.1, 0.15) is 16.7 Å². The van der Waals surface area contributed by atoms with Crippen LogP contribution >= 0.6 is 0 Å². The van der Waals surface area contributed by atoms with E-state index in [-0.39, 0.29) is 5.78 Å². The predicted molar refractivity (Wildman–Crippen MR) is 121 cm³/mol. The van der Waals surface area contributed by atoms with E-state index in [4.69, 9.17) is 0 Å². The summed E-state index contributed by atoms with van der Waals surface area (Å²) in [7, 11) is 0. The van der Waals surface area contributed by atoms with Crippen LogP contribution in [0.25, 0.3) is 0 Å². The van der Waals surface area contributed by atoms with Gasteiger partial charge in [-0.1, -0.05) is 0 Å². The molecule has 1 aliphatic rings. The molecule has 29 heavy (non-hydrogen) atoms. The average molecular weight is 443 g/mol. The quantitative estimate of drug-likeness (QED) is 0.311. The molecule has 0 aromatic heterocycles. The first-order chi connectivity index (χ1) is 14.1. The first-order valence-corrected chi connectivity index (χ1v) is 14.8. The summed E-state index contributed by atoms with van der Waals surface area (Å²) in [4.78, 5) is 17.6. The number of rotatable bonds is 5. The molecule has 146 valence electrons. The Bertz CT molecular complexity index is 900. The molecule has 1 saturated heterocycles. The standard InChI is InChI=1S/C26H26AsNO/c1-27(2)18-21-19-28(20-25(21)29)26(22-12-6-3-7-13-22,23-14-8-4-9-15-23)24-16-10-5-11-17-24/h3-18H,19-20H2,1-2H3.